The number of carbonyl (C=O) groups is 1. The minimum absolute atomic E-state index is 0.0444. The Bertz CT molecular complexity index is 448. The molecule has 1 fully saturated rings. The Morgan fingerprint density at radius 2 is 2.33 bits per heavy atom. The Hall–Kier alpha value is -1.75. The van der Waals surface area contributed by atoms with Crippen molar-refractivity contribution in [3.63, 3.8) is 0 Å². The normalized spacial score (nSPS) is 22.8. The molecule has 0 saturated carbocycles. The molecule has 5 nitrogen and oxygen atoms in total. The van der Waals surface area contributed by atoms with Gasteiger partial charge < -0.3 is 20.5 Å². The van der Waals surface area contributed by atoms with Crippen LogP contribution in [0.3, 0.4) is 0 Å². The molecule has 1 aromatic carbocycles. The molecule has 2 unspecified atom stereocenters. The third-order valence-electron chi connectivity index (χ3n) is 3.19. The van der Waals surface area contributed by atoms with Crippen LogP contribution in [0.4, 0.5) is 11.4 Å². The molecule has 0 aliphatic carbocycles. The molecule has 1 aliphatic rings. The van der Waals surface area contributed by atoms with Crippen molar-refractivity contribution < 1.29 is 14.3 Å². The number of nitrogens with two attached hydrogens (primary N) is 1. The Balaban J connectivity index is 2.13. The van der Waals surface area contributed by atoms with Crippen LogP contribution in [0.15, 0.2) is 18.2 Å². The lowest BCUT2D eigenvalue weighted by Crippen LogP contribution is -2.27. The van der Waals surface area contributed by atoms with Gasteiger partial charge >= 0.3 is 0 Å². The fourth-order valence-corrected chi connectivity index (χ4v) is 2.12. The van der Waals surface area contributed by atoms with Crippen molar-refractivity contribution in [1.82, 2.24) is 0 Å². The van der Waals surface area contributed by atoms with Crippen LogP contribution in [-0.2, 0) is 9.53 Å². The molecule has 0 spiro atoms. The quantitative estimate of drug-likeness (QED) is 0.800. The summed E-state index contributed by atoms with van der Waals surface area (Å²) in [5.74, 6) is 0.434. The first-order chi connectivity index (χ1) is 8.61. The molecule has 98 valence electrons. The van der Waals surface area contributed by atoms with E-state index in [1.165, 1.54) is 0 Å². The fraction of sp³-hybridized carbons (Fsp3) is 0.462. The molecule has 5 heteroatoms. The van der Waals surface area contributed by atoms with Gasteiger partial charge in [-0.1, -0.05) is 0 Å². The molecule has 1 heterocycles. The van der Waals surface area contributed by atoms with Crippen LogP contribution in [0, 0.1) is 5.92 Å². The molecule has 1 aromatic rings. The minimum atomic E-state index is -0.115. The third kappa shape index (κ3) is 2.56. The summed E-state index contributed by atoms with van der Waals surface area (Å²) in [4.78, 5) is 12.1. The SMILES string of the molecule is COc1ccc(N)cc1NC(=O)C1CCOC1C. The molecule has 0 radical (unpaired) electrons. The first-order valence-corrected chi connectivity index (χ1v) is 5.98. The van der Waals surface area contributed by atoms with E-state index in [1.807, 2.05) is 6.92 Å². The van der Waals surface area contributed by atoms with Crippen molar-refractivity contribution in [2.24, 2.45) is 5.92 Å². The average molecular weight is 250 g/mol. The van der Waals surface area contributed by atoms with Crippen LogP contribution < -0.4 is 15.8 Å². The molecule has 2 rings (SSSR count). The highest BCUT2D eigenvalue weighted by Gasteiger charge is 2.31. The number of hydrogen-bond acceptors (Lipinski definition) is 4. The topological polar surface area (TPSA) is 73.6 Å². The lowest BCUT2D eigenvalue weighted by molar-refractivity contribution is -0.121. The van der Waals surface area contributed by atoms with Crippen molar-refractivity contribution in [3.05, 3.63) is 18.2 Å². The summed E-state index contributed by atoms with van der Waals surface area (Å²) in [7, 11) is 1.56. The highest BCUT2D eigenvalue weighted by molar-refractivity contribution is 5.95. The highest BCUT2D eigenvalue weighted by atomic mass is 16.5. The summed E-state index contributed by atoms with van der Waals surface area (Å²) < 4.78 is 10.6. The molecule has 1 saturated heterocycles. The van der Waals surface area contributed by atoms with E-state index < -0.39 is 0 Å². The van der Waals surface area contributed by atoms with Gasteiger partial charge in [-0.05, 0) is 31.5 Å². The number of carbonyl (C=O) groups excluding carboxylic acids is 1. The molecule has 18 heavy (non-hydrogen) atoms. The monoisotopic (exact) mass is 250 g/mol. The highest BCUT2D eigenvalue weighted by Crippen LogP contribution is 2.29. The number of anilines is 2. The van der Waals surface area contributed by atoms with Gasteiger partial charge in [0.05, 0.1) is 24.8 Å². The van der Waals surface area contributed by atoms with Crippen LogP contribution in [0.5, 0.6) is 5.75 Å². The lowest BCUT2D eigenvalue weighted by Gasteiger charge is -2.16. The van der Waals surface area contributed by atoms with Crippen molar-refractivity contribution in [2.45, 2.75) is 19.4 Å². The van der Waals surface area contributed by atoms with Gasteiger partial charge in [-0.3, -0.25) is 4.79 Å². The summed E-state index contributed by atoms with van der Waals surface area (Å²) >= 11 is 0. The molecular formula is C13H18N2O3. The largest absolute Gasteiger partial charge is 0.495 e. The van der Waals surface area contributed by atoms with E-state index in [0.29, 0.717) is 23.7 Å². The molecule has 1 aliphatic heterocycles. The number of nitrogens with one attached hydrogen (secondary N) is 1. The van der Waals surface area contributed by atoms with E-state index in [1.54, 1.807) is 25.3 Å². The second-order valence-corrected chi connectivity index (χ2v) is 4.42. The second kappa shape index (κ2) is 5.27. The molecule has 0 bridgehead atoms. The van der Waals surface area contributed by atoms with Gasteiger partial charge in [0.1, 0.15) is 5.75 Å². The third-order valence-corrected chi connectivity index (χ3v) is 3.19. The zero-order valence-electron chi connectivity index (χ0n) is 10.6. The minimum Gasteiger partial charge on any atom is -0.495 e. The second-order valence-electron chi connectivity index (χ2n) is 4.42. The zero-order valence-corrected chi connectivity index (χ0v) is 10.6. The molecule has 1 amide bonds. The predicted molar refractivity (Wildman–Crippen MR) is 69.6 cm³/mol. The number of amides is 1. The average Bonchev–Trinajstić information content (AvgIpc) is 2.76. The molecular weight excluding hydrogens is 232 g/mol. The number of nitrogen functional groups attached to an aromatic ring is 1. The summed E-state index contributed by atoms with van der Waals surface area (Å²) in [6.45, 7) is 2.54. The first-order valence-electron chi connectivity index (χ1n) is 5.98. The van der Waals surface area contributed by atoms with Gasteiger partial charge in [0.2, 0.25) is 5.91 Å². The zero-order chi connectivity index (χ0) is 13.1. The lowest BCUT2D eigenvalue weighted by atomic mass is 10.0. The van der Waals surface area contributed by atoms with Gasteiger partial charge in [-0.2, -0.15) is 0 Å². The van der Waals surface area contributed by atoms with Gasteiger partial charge in [-0.25, -0.2) is 0 Å². The van der Waals surface area contributed by atoms with E-state index in [0.717, 1.165) is 6.42 Å². The van der Waals surface area contributed by atoms with Crippen LogP contribution in [0.1, 0.15) is 13.3 Å². The smallest absolute Gasteiger partial charge is 0.230 e. The number of methoxy groups -OCH3 is 1. The molecule has 0 aromatic heterocycles. The van der Waals surface area contributed by atoms with Crippen LogP contribution >= 0.6 is 0 Å². The maximum Gasteiger partial charge on any atom is 0.230 e. The Morgan fingerprint density at radius 1 is 1.56 bits per heavy atom. The van der Waals surface area contributed by atoms with E-state index in [-0.39, 0.29) is 17.9 Å². The van der Waals surface area contributed by atoms with Crippen molar-refractivity contribution >= 4 is 17.3 Å². The van der Waals surface area contributed by atoms with Crippen molar-refractivity contribution in [2.75, 3.05) is 24.8 Å². The molecule has 3 N–H and O–H groups in total. The number of rotatable bonds is 3. The van der Waals surface area contributed by atoms with Crippen LogP contribution in [0.25, 0.3) is 0 Å². The summed E-state index contributed by atoms with van der Waals surface area (Å²) in [5, 5.41) is 2.85. The Labute approximate surface area is 106 Å². The van der Waals surface area contributed by atoms with Crippen LogP contribution in [-0.4, -0.2) is 25.7 Å². The van der Waals surface area contributed by atoms with Crippen molar-refractivity contribution in [3.8, 4) is 5.75 Å². The predicted octanol–water partition coefficient (Wildman–Crippen LogP) is 1.64. The maximum atomic E-state index is 12.1. The number of hydrogen-bond donors (Lipinski definition) is 2. The molecule has 2 atom stereocenters. The van der Waals surface area contributed by atoms with E-state index >= 15 is 0 Å². The Kier molecular flexibility index (Phi) is 3.72. The summed E-state index contributed by atoms with van der Waals surface area (Å²) in [6.07, 6.45) is 0.703. The Morgan fingerprint density at radius 3 is 2.94 bits per heavy atom. The van der Waals surface area contributed by atoms with Crippen molar-refractivity contribution in [1.29, 1.82) is 0 Å². The van der Waals surface area contributed by atoms with E-state index in [4.69, 9.17) is 15.2 Å². The fourth-order valence-electron chi connectivity index (χ4n) is 2.12. The maximum absolute atomic E-state index is 12.1. The first kappa shape index (κ1) is 12.7. The van der Waals surface area contributed by atoms with Gasteiger partial charge in [0.25, 0.3) is 0 Å². The summed E-state index contributed by atoms with van der Waals surface area (Å²) in [5.41, 5.74) is 6.89. The summed E-state index contributed by atoms with van der Waals surface area (Å²) in [6, 6.07) is 5.16. The van der Waals surface area contributed by atoms with Crippen LogP contribution in [0.2, 0.25) is 0 Å². The van der Waals surface area contributed by atoms with Gasteiger partial charge in [-0.15, -0.1) is 0 Å². The van der Waals surface area contributed by atoms with E-state index in [2.05, 4.69) is 5.32 Å². The van der Waals surface area contributed by atoms with Gasteiger partial charge in [0.15, 0.2) is 0 Å². The van der Waals surface area contributed by atoms with E-state index in [9.17, 15) is 4.79 Å². The number of benzene rings is 1. The van der Waals surface area contributed by atoms with Gasteiger partial charge in [0, 0.05) is 12.3 Å². The number of ether oxygens (including phenoxy) is 2. The standard InChI is InChI=1S/C13H18N2O3/c1-8-10(5-6-18-8)13(16)15-11-7-9(14)3-4-12(11)17-2/h3-4,7-8,10H,5-6,14H2,1-2H3,(H,15,16).